The number of urea groups is 1. The van der Waals surface area contributed by atoms with Crippen molar-refractivity contribution in [2.75, 3.05) is 44.7 Å². The predicted molar refractivity (Wildman–Crippen MR) is 130 cm³/mol. The number of anilines is 1. The first-order valence-electron chi connectivity index (χ1n) is 12.6. The van der Waals surface area contributed by atoms with Gasteiger partial charge in [0.15, 0.2) is 0 Å². The van der Waals surface area contributed by atoms with Crippen LogP contribution in [0.4, 0.5) is 10.5 Å². The Morgan fingerprint density at radius 1 is 1.15 bits per heavy atom. The lowest BCUT2D eigenvalue weighted by molar-refractivity contribution is -0.120. The number of ether oxygens (including phenoxy) is 1. The molecule has 1 atom stereocenters. The molecule has 0 unspecified atom stereocenters. The van der Waals surface area contributed by atoms with E-state index in [-0.39, 0.29) is 11.9 Å². The van der Waals surface area contributed by atoms with Crippen LogP contribution in [-0.4, -0.2) is 83.3 Å². The largest absolute Gasteiger partial charge is 0.381 e. The zero-order valence-corrected chi connectivity index (χ0v) is 20.3. The van der Waals surface area contributed by atoms with Gasteiger partial charge in [0, 0.05) is 65.0 Å². The normalized spacial score (nSPS) is 27.4. The lowest BCUT2D eigenvalue weighted by Crippen LogP contribution is -2.52. The topological polar surface area (TPSA) is 82.4 Å². The van der Waals surface area contributed by atoms with Crippen LogP contribution >= 0.6 is 0 Å². The van der Waals surface area contributed by atoms with Gasteiger partial charge in [-0.25, -0.2) is 9.31 Å². The molecule has 3 aliphatic rings. The number of amides is 3. The third-order valence-corrected chi connectivity index (χ3v) is 7.79. The molecular formula is C25H36N6O3. The number of piperazine rings is 1. The SMILES string of the molecule is CO[C@H]1CC[C@H](CN2CCN(Cc3ccn4ncc(N5CCC(=O)NC5=O)c4c3)C[C@@H]2C)CC1. The Morgan fingerprint density at radius 3 is 2.71 bits per heavy atom. The van der Waals surface area contributed by atoms with E-state index in [1.165, 1.54) is 37.8 Å². The van der Waals surface area contributed by atoms with Gasteiger partial charge >= 0.3 is 6.03 Å². The highest BCUT2D eigenvalue weighted by atomic mass is 16.5. The first-order valence-corrected chi connectivity index (χ1v) is 12.6. The summed E-state index contributed by atoms with van der Waals surface area (Å²) in [6, 6.07) is 4.39. The molecule has 2 aromatic rings. The summed E-state index contributed by atoms with van der Waals surface area (Å²) in [6.07, 6.45) is 9.38. The number of methoxy groups -OCH3 is 1. The van der Waals surface area contributed by atoms with Gasteiger partial charge < -0.3 is 4.74 Å². The van der Waals surface area contributed by atoms with Gasteiger partial charge in [-0.1, -0.05) is 0 Å². The van der Waals surface area contributed by atoms with E-state index in [0.717, 1.165) is 43.3 Å². The van der Waals surface area contributed by atoms with Crippen LogP contribution in [0.25, 0.3) is 5.52 Å². The molecular weight excluding hydrogens is 432 g/mol. The standard InChI is InChI=1S/C25H36N6O3/c1-18-15-28(11-12-29(18)17-19-3-5-21(34-2)6-4-19)16-20-7-10-31-22(13-20)23(14-26-31)30-9-8-24(32)27-25(30)33/h7,10,13-14,18-19,21H,3-6,8-9,11-12,15-17H2,1-2H3,(H,27,32,33)/t18-,19-,21-/m0/s1. The van der Waals surface area contributed by atoms with Gasteiger partial charge in [-0.3, -0.25) is 24.8 Å². The molecule has 0 radical (unpaired) electrons. The number of aromatic nitrogens is 2. The van der Waals surface area contributed by atoms with Gasteiger partial charge in [0.1, 0.15) is 0 Å². The Hall–Kier alpha value is -2.49. The second kappa shape index (κ2) is 10.0. The molecule has 0 bridgehead atoms. The number of nitrogens with one attached hydrogen (secondary N) is 1. The van der Waals surface area contributed by atoms with Crippen molar-refractivity contribution in [3.63, 3.8) is 0 Å². The van der Waals surface area contributed by atoms with Gasteiger partial charge in [0.25, 0.3) is 0 Å². The average Bonchev–Trinajstić information content (AvgIpc) is 3.24. The van der Waals surface area contributed by atoms with Crippen LogP contribution in [-0.2, 0) is 16.1 Å². The molecule has 3 amide bonds. The number of pyridine rings is 1. The third kappa shape index (κ3) is 4.96. The van der Waals surface area contributed by atoms with Crippen LogP contribution in [0.15, 0.2) is 24.5 Å². The fourth-order valence-corrected chi connectivity index (χ4v) is 5.74. The van der Waals surface area contributed by atoms with E-state index < -0.39 is 0 Å². The number of hydrogen-bond donors (Lipinski definition) is 1. The summed E-state index contributed by atoms with van der Waals surface area (Å²) in [5.41, 5.74) is 2.84. The maximum absolute atomic E-state index is 12.3. The van der Waals surface area contributed by atoms with Crippen molar-refractivity contribution in [3.8, 4) is 0 Å². The van der Waals surface area contributed by atoms with E-state index in [2.05, 4.69) is 39.3 Å². The van der Waals surface area contributed by atoms with Crippen molar-refractivity contribution >= 4 is 23.1 Å². The Balaban J connectivity index is 1.20. The van der Waals surface area contributed by atoms with Crippen molar-refractivity contribution in [1.82, 2.24) is 24.7 Å². The fourth-order valence-electron chi connectivity index (χ4n) is 5.74. The molecule has 4 heterocycles. The maximum Gasteiger partial charge on any atom is 0.328 e. The van der Waals surface area contributed by atoms with Crippen LogP contribution in [0.1, 0.15) is 44.6 Å². The molecule has 1 aliphatic carbocycles. The van der Waals surface area contributed by atoms with E-state index in [0.29, 0.717) is 25.1 Å². The number of carbonyl (C=O) groups excluding carboxylic acids is 2. The number of fused-ring (bicyclic) bond motifs is 1. The molecule has 9 nitrogen and oxygen atoms in total. The van der Waals surface area contributed by atoms with Crippen LogP contribution in [0, 0.1) is 5.92 Å². The fraction of sp³-hybridized carbons (Fsp3) is 0.640. The highest BCUT2D eigenvalue weighted by molar-refractivity contribution is 6.07. The Kier molecular flexibility index (Phi) is 6.85. The number of rotatable bonds is 6. The minimum Gasteiger partial charge on any atom is -0.381 e. The molecule has 1 saturated carbocycles. The maximum atomic E-state index is 12.3. The van der Waals surface area contributed by atoms with Crippen molar-refractivity contribution in [3.05, 3.63) is 30.1 Å². The summed E-state index contributed by atoms with van der Waals surface area (Å²) in [7, 11) is 1.84. The lowest BCUT2D eigenvalue weighted by atomic mass is 9.86. The smallest absolute Gasteiger partial charge is 0.328 e. The number of carbonyl (C=O) groups is 2. The van der Waals surface area contributed by atoms with Gasteiger partial charge in [-0.15, -0.1) is 0 Å². The molecule has 2 aromatic heterocycles. The van der Waals surface area contributed by atoms with Gasteiger partial charge in [-0.2, -0.15) is 5.10 Å². The second-order valence-electron chi connectivity index (χ2n) is 10.1. The zero-order chi connectivity index (χ0) is 23.7. The minimum atomic E-state index is -0.378. The highest BCUT2D eigenvalue weighted by Crippen LogP contribution is 2.28. The molecule has 0 spiro atoms. The van der Waals surface area contributed by atoms with Crippen molar-refractivity contribution in [1.29, 1.82) is 0 Å². The number of imide groups is 1. The van der Waals surface area contributed by atoms with Gasteiger partial charge in [0.05, 0.1) is 23.5 Å². The van der Waals surface area contributed by atoms with Crippen molar-refractivity contribution in [2.24, 2.45) is 5.92 Å². The molecule has 1 N–H and O–H groups in total. The number of nitrogens with zero attached hydrogens (tertiary/aromatic N) is 5. The third-order valence-electron chi connectivity index (χ3n) is 7.79. The zero-order valence-electron chi connectivity index (χ0n) is 20.3. The summed E-state index contributed by atoms with van der Waals surface area (Å²) in [5.74, 6) is 0.569. The highest BCUT2D eigenvalue weighted by Gasteiger charge is 2.29. The van der Waals surface area contributed by atoms with E-state index in [4.69, 9.17) is 4.74 Å². The van der Waals surface area contributed by atoms with Crippen molar-refractivity contribution < 1.29 is 14.3 Å². The quantitative estimate of drug-likeness (QED) is 0.702. The predicted octanol–water partition coefficient (Wildman–Crippen LogP) is 2.49. The van der Waals surface area contributed by atoms with E-state index in [1.54, 1.807) is 15.6 Å². The molecule has 34 heavy (non-hydrogen) atoms. The number of hydrogen-bond acceptors (Lipinski definition) is 6. The van der Waals surface area contributed by atoms with Crippen LogP contribution < -0.4 is 10.2 Å². The summed E-state index contributed by atoms with van der Waals surface area (Å²) in [6.45, 7) is 8.03. The van der Waals surface area contributed by atoms with E-state index >= 15 is 0 Å². The average molecular weight is 469 g/mol. The molecule has 3 fully saturated rings. The van der Waals surface area contributed by atoms with E-state index in [1.807, 2.05) is 13.3 Å². The van der Waals surface area contributed by atoms with Crippen LogP contribution in [0.2, 0.25) is 0 Å². The summed E-state index contributed by atoms with van der Waals surface area (Å²) in [5, 5.41) is 6.80. The molecule has 9 heteroatoms. The summed E-state index contributed by atoms with van der Waals surface area (Å²) < 4.78 is 7.33. The molecule has 184 valence electrons. The first kappa shape index (κ1) is 23.3. The second-order valence-corrected chi connectivity index (χ2v) is 10.1. The summed E-state index contributed by atoms with van der Waals surface area (Å²) >= 11 is 0. The molecule has 2 saturated heterocycles. The molecule has 0 aromatic carbocycles. The molecule has 2 aliphatic heterocycles. The van der Waals surface area contributed by atoms with Gasteiger partial charge in [-0.05, 0) is 56.2 Å². The first-order chi connectivity index (χ1) is 16.5. The van der Waals surface area contributed by atoms with Crippen LogP contribution in [0.3, 0.4) is 0 Å². The Labute approximate surface area is 201 Å². The monoisotopic (exact) mass is 468 g/mol. The van der Waals surface area contributed by atoms with Crippen LogP contribution in [0.5, 0.6) is 0 Å². The molecule has 5 rings (SSSR count). The minimum absolute atomic E-state index is 0.227. The Bertz CT molecular complexity index is 1030. The van der Waals surface area contributed by atoms with Gasteiger partial charge in [0.2, 0.25) is 5.91 Å². The summed E-state index contributed by atoms with van der Waals surface area (Å²) in [4.78, 5) is 30.6. The van der Waals surface area contributed by atoms with E-state index in [9.17, 15) is 9.59 Å². The Morgan fingerprint density at radius 2 is 1.97 bits per heavy atom. The van der Waals surface area contributed by atoms with Crippen molar-refractivity contribution in [2.45, 2.75) is 57.7 Å². The lowest BCUT2D eigenvalue weighted by Gasteiger charge is -2.42.